The smallest absolute Gasteiger partial charge is 0.326 e. The maximum atomic E-state index is 13.6. The lowest BCUT2D eigenvalue weighted by molar-refractivity contribution is -0.142. The van der Waals surface area contributed by atoms with Gasteiger partial charge in [0.2, 0.25) is 17.7 Å². The SMILES string of the molecule is CC1(C)C(CC(NC(=O)C2CCCC2)C(=O)O)=CC=C(NC(=O)c2c(Cl)cccc2Cl)C1(C)C(=O)NCC(N)=O. The van der Waals surface area contributed by atoms with Crippen molar-refractivity contribution in [2.45, 2.75) is 58.9 Å². The number of nitrogens with two attached hydrogens (primary N) is 1. The minimum atomic E-state index is -1.52. The highest BCUT2D eigenvalue weighted by Crippen LogP contribution is 2.52. The van der Waals surface area contributed by atoms with Crippen molar-refractivity contribution in [1.29, 1.82) is 0 Å². The number of halogens is 2. The number of allylic oxidation sites excluding steroid dienone is 2. The molecule has 0 aliphatic heterocycles. The predicted molar refractivity (Wildman–Crippen MR) is 150 cm³/mol. The Morgan fingerprint density at radius 3 is 2.20 bits per heavy atom. The molecule has 2 aliphatic rings. The fourth-order valence-corrected chi connectivity index (χ4v) is 5.82. The van der Waals surface area contributed by atoms with Crippen molar-refractivity contribution in [3.63, 3.8) is 0 Å². The Bertz CT molecular complexity index is 1270. The van der Waals surface area contributed by atoms with Crippen molar-refractivity contribution < 1.29 is 29.1 Å². The van der Waals surface area contributed by atoms with Crippen molar-refractivity contribution in [3.8, 4) is 0 Å². The number of aliphatic carboxylic acids is 1. The number of nitrogens with one attached hydrogen (secondary N) is 3. The molecule has 2 atom stereocenters. The topological polar surface area (TPSA) is 168 Å². The molecular formula is C28H34Cl2N4O6. The van der Waals surface area contributed by atoms with Gasteiger partial charge in [0.25, 0.3) is 5.91 Å². The summed E-state index contributed by atoms with van der Waals surface area (Å²) in [5.74, 6) is -3.78. The molecule has 0 spiro atoms. The highest BCUT2D eigenvalue weighted by atomic mass is 35.5. The van der Waals surface area contributed by atoms with Gasteiger partial charge < -0.3 is 26.8 Å². The first kappa shape index (κ1) is 31.2. The molecule has 10 nitrogen and oxygen atoms in total. The van der Waals surface area contributed by atoms with Crippen LogP contribution in [-0.4, -0.2) is 47.3 Å². The van der Waals surface area contributed by atoms with Gasteiger partial charge in [0.1, 0.15) is 6.04 Å². The highest BCUT2D eigenvalue weighted by molar-refractivity contribution is 6.39. The van der Waals surface area contributed by atoms with Gasteiger partial charge in [-0.3, -0.25) is 19.2 Å². The molecule has 0 saturated heterocycles. The minimum Gasteiger partial charge on any atom is -0.480 e. The molecule has 2 unspecified atom stereocenters. The van der Waals surface area contributed by atoms with Crippen LogP contribution in [-0.2, 0) is 19.2 Å². The second kappa shape index (κ2) is 12.4. The Morgan fingerprint density at radius 1 is 1.05 bits per heavy atom. The van der Waals surface area contributed by atoms with Gasteiger partial charge in [-0.25, -0.2) is 4.79 Å². The fourth-order valence-electron chi connectivity index (χ4n) is 5.25. The monoisotopic (exact) mass is 592 g/mol. The van der Waals surface area contributed by atoms with E-state index in [0.29, 0.717) is 18.4 Å². The molecule has 0 heterocycles. The normalized spacial score (nSPS) is 21.0. The van der Waals surface area contributed by atoms with Crippen LogP contribution < -0.4 is 21.7 Å². The summed E-state index contributed by atoms with van der Waals surface area (Å²) in [5, 5.41) is 18.1. The summed E-state index contributed by atoms with van der Waals surface area (Å²) in [6.07, 6.45) is 6.32. The van der Waals surface area contributed by atoms with Crippen molar-refractivity contribution in [3.05, 3.63) is 57.2 Å². The number of hydrogen-bond acceptors (Lipinski definition) is 5. The number of rotatable bonds is 10. The third-order valence-corrected chi connectivity index (χ3v) is 8.75. The van der Waals surface area contributed by atoms with E-state index in [-0.39, 0.29) is 39.6 Å². The van der Waals surface area contributed by atoms with E-state index in [4.69, 9.17) is 28.9 Å². The van der Waals surface area contributed by atoms with Gasteiger partial charge in [-0.05, 0) is 38.0 Å². The maximum absolute atomic E-state index is 13.6. The highest BCUT2D eigenvalue weighted by Gasteiger charge is 2.54. The van der Waals surface area contributed by atoms with Gasteiger partial charge in [0, 0.05) is 23.5 Å². The molecule has 1 aromatic rings. The first-order valence-corrected chi connectivity index (χ1v) is 13.7. The zero-order valence-electron chi connectivity index (χ0n) is 22.6. The second-order valence-corrected chi connectivity index (χ2v) is 11.6. The third-order valence-electron chi connectivity index (χ3n) is 8.12. The lowest BCUT2D eigenvalue weighted by atomic mass is 9.57. The summed E-state index contributed by atoms with van der Waals surface area (Å²) < 4.78 is 0. The van der Waals surface area contributed by atoms with Gasteiger partial charge in [-0.2, -0.15) is 0 Å². The molecule has 1 fully saturated rings. The summed E-state index contributed by atoms with van der Waals surface area (Å²) in [5.41, 5.74) is 3.34. The number of carboxylic acid groups (broad SMARTS) is 1. The zero-order valence-corrected chi connectivity index (χ0v) is 24.1. The molecule has 12 heteroatoms. The van der Waals surface area contributed by atoms with E-state index in [1.165, 1.54) is 18.2 Å². The van der Waals surface area contributed by atoms with E-state index in [1.807, 2.05) is 0 Å². The maximum Gasteiger partial charge on any atom is 0.326 e. The lowest BCUT2D eigenvalue weighted by Gasteiger charge is -2.48. The summed E-state index contributed by atoms with van der Waals surface area (Å²) in [6, 6.07) is 3.36. The number of carbonyl (C=O) groups excluding carboxylic acids is 4. The van der Waals surface area contributed by atoms with Gasteiger partial charge in [-0.15, -0.1) is 0 Å². The molecular weight excluding hydrogens is 559 g/mol. The molecule has 6 N–H and O–H groups in total. The summed E-state index contributed by atoms with van der Waals surface area (Å²) in [4.78, 5) is 63.2. The van der Waals surface area contributed by atoms with Crippen LogP contribution in [0.4, 0.5) is 0 Å². The predicted octanol–water partition coefficient (Wildman–Crippen LogP) is 3.33. The number of benzene rings is 1. The van der Waals surface area contributed by atoms with E-state index in [0.717, 1.165) is 12.8 Å². The number of amides is 4. The summed E-state index contributed by atoms with van der Waals surface area (Å²) in [7, 11) is 0. The molecule has 40 heavy (non-hydrogen) atoms. The van der Waals surface area contributed by atoms with Crippen LogP contribution in [0.2, 0.25) is 10.0 Å². The Labute approximate surface area is 242 Å². The number of hydrogen-bond donors (Lipinski definition) is 5. The minimum absolute atomic E-state index is 0.0137. The Hall–Kier alpha value is -3.37. The first-order chi connectivity index (χ1) is 18.7. The third kappa shape index (κ3) is 6.33. The largest absolute Gasteiger partial charge is 0.480 e. The Balaban J connectivity index is 1.99. The van der Waals surface area contributed by atoms with E-state index < -0.39 is 47.1 Å². The molecule has 2 aliphatic carbocycles. The molecule has 1 saturated carbocycles. The molecule has 4 amide bonds. The number of primary amides is 1. The molecule has 0 radical (unpaired) electrons. The van der Waals surface area contributed by atoms with E-state index >= 15 is 0 Å². The summed E-state index contributed by atoms with van der Waals surface area (Å²) >= 11 is 12.4. The van der Waals surface area contributed by atoms with Crippen LogP contribution in [0.3, 0.4) is 0 Å². The van der Waals surface area contributed by atoms with Crippen LogP contribution in [0.1, 0.15) is 63.2 Å². The van der Waals surface area contributed by atoms with Gasteiger partial charge in [0.15, 0.2) is 0 Å². The molecule has 0 aromatic heterocycles. The van der Waals surface area contributed by atoms with E-state index in [2.05, 4.69) is 16.0 Å². The lowest BCUT2D eigenvalue weighted by Crippen LogP contribution is -2.56. The summed E-state index contributed by atoms with van der Waals surface area (Å²) in [6.45, 7) is 4.57. The van der Waals surface area contributed by atoms with Crippen molar-refractivity contribution in [2.75, 3.05) is 6.54 Å². The van der Waals surface area contributed by atoms with Crippen LogP contribution in [0.5, 0.6) is 0 Å². The fraction of sp³-hybridized carbons (Fsp3) is 0.464. The second-order valence-electron chi connectivity index (χ2n) is 10.8. The van der Waals surface area contributed by atoms with Crippen LogP contribution in [0.15, 0.2) is 41.6 Å². The van der Waals surface area contributed by atoms with E-state index in [1.54, 1.807) is 32.9 Å². The Morgan fingerprint density at radius 2 is 1.65 bits per heavy atom. The zero-order chi connectivity index (χ0) is 29.8. The average Bonchev–Trinajstić information content (AvgIpc) is 3.41. The van der Waals surface area contributed by atoms with E-state index in [9.17, 15) is 29.1 Å². The van der Waals surface area contributed by atoms with Crippen LogP contribution >= 0.6 is 23.2 Å². The van der Waals surface area contributed by atoms with Crippen molar-refractivity contribution in [2.24, 2.45) is 22.5 Å². The van der Waals surface area contributed by atoms with Gasteiger partial charge >= 0.3 is 5.97 Å². The van der Waals surface area contributed by atoms with Gasteiger partial charge in [0.05, 0.1) is 27.6 Å². The molecule has 3 rings (SSSR count). The molecule has 1 aromatic carbocycles. The quantitative estimate of drug-likeness (QED) is 0.279. The number of carboxylic acids is 1. The molecule has 0 bridgehead atoms. The standard InChI is InChI=1S/C28H34Cl2N4O6/c1-27(2)16(13-19(25(38)39)33-23(36)15-7-4-5-8-15)11-12-20(28(27,3)26(40)32-14-21(31)35)34-24(37)22-17(29)9-6-10-18(22)30/h6,9-12,15,19H,4-5,7-8,13-14H2,1-3H3,(H2,31,35)(H,32,40)(H,33,36)(H,34,37)(H,38,39). The molecule has 216 valence electrons. The Kier molecular flexibility index (Phi) is 9.68. The van der Waals surface area contributed by atoms with Gasteiger partial charge in [-0.1, -0.05) is 67.6 Å². The number of carbonyl (C=O) groups is 5. The average molecular weight is 594 g/mol. The van der Waals surface area contributed by atoms with Crippen molar-refractivity contribution in [1.82, 2.24) is 16.0 Å². The van der Waals surface area contributed by atoms with Crippen LogP contribution in [0.25, 0.3) is 0 Å². The van der Waals surface area contributed by atoms with Crippen molar-refractivity contribution >= 4 is 52.8 Å². The van der Waals surface area contributed by atoms with Crippen LogP contribution in [0, 0.1) is 16.7 Å². The first-order valence-electron chi connectivity index (χ1n) is 13.0.